The third-order valence-electron chi connectivity index (χ3n) is 2.26. The Morgan fingerprint density at radius 3 is 2.71 bits per heavy atom. The average Bonchev–Trinajstić information content (AvgIpc) is 2.65. The molecule has 14 heavy (non-hydrogen) atoms. The molecule has 0 aliphatic heterocycles. The van der Waals surface area contributed by atoms with Gasteiger partial charge in [-0.25, -0.2) is 4.98 Å². The molecule has 0 atom stereocenters. The molecule has 0 saturated carbocycles. The first kappa shape index (κ1) is 11.2. The molecule has 0 radical (unpaired) electrons. The molecule has 0 aliphatic carbocycles. The number of nitrogens with zero attached hydrogens (tertiary/aromatic N) is 3. The highest BCUT2D eigenvalue weighted by Gasteiger charge is 1.97. The lowest BCUT2D eigenvalue weighted by atomic mass is 10.1. The van der Waals surface area contributed by atoms with Crippen molar-refractivity contribution >= 4 is 0 Å². The summed E-state index contributed by atoms with van der Waals surface area (Å²) in [7, 11) is 0. The van der Waals surface area contributed by atoms with Gasteiger partial charge >= 0.3 is 0 Å². The Kier molecular flexibility index (Phi) is 5.22. The highest BCUT2D eigenvalue weighted by atomic mass is 15.3. The molecule has 0 bridgehead atoms. The Morgan fingerprint density at radius 2 is 2.07 bits per heavy atom. The molecule has 80 valence electrons. The van der Waals surface area contributed by atoms with E-state index in [1.165, 1.54) is 32.1 Å². The Labute approximate surface area is 85.5 Å². The van der Waals surface area contributed by atoms with Gasteiger partial charge in [0.1, 0.15) is 6.33 Å². The maximum absolute atomic E-state index is 5.42. The monoisotopic (exact) mass is 196 g/mol. The summed E-state index contributed by atoms with van der Waals surface area (Å²) in [5, 5.41) is 4.23. The van der Waals surface area contributed by atoms with Gasteiger partial charge in [-0.3, -0.25) is 4.68 Å². The molecule has 2 N–H and O–H groups in total. The van der Waals surface area contributed by atoms with Crippen molar-refractivity contribution < 1.29 is 0 Å². The molecular weight excluding hydrogens is 176 g/mol. The van der Waals surface area contributed by atoms with Crippen molar-refractivity contribution in [3.05, 3.63) is 12.2 Å². The fourth-order valence-corrected chi connectivity index (χ4v) is 1.41. The predicted molar refractivity (Wildman–Crippen MR) is 56.7 cm³/mol. The Morgan fingerprint density at radius 1 is 1.29 bits per heavy atom. The van der Waals surface area contributed by atoms with Crippen molar-refractivity contribution in [2.45, 2.75) is 52.1 Å². The first-order valence-electron chi connectivity index (χ1n) is 5.45. The number of aromatic nitrogens is 3. The number of hydrogen-bond acceptors (Lipinski definition) is 3. The summed E-state index contributed by atoms with van der Waals surface area (Å²) in [4.78, 5) is 4.08. The van der Waals surface area contributed by atoms with Crippen LogP contribution in [-0.2, 0) is 13.1 Å². The molecule has 0 fully saturated rings. The molecule has 0 aliphatic rings. The quantitative estimate of drug-likeness (QED) is 0.675. The Bertz CT molecular complexity index is 244. The van der Waals surface area contributed by atoms with Crippen LogP contribution in [0.5, 0.6) is 0 Å². The van der Waals surface area contributed by atoms with Crippen molar-refractivity contribution in [1.29, 1.82) is 0 Å². The minimum absolute atomic E-state index is 0.433. The summed E-state index contributed by atoms with van der Waals surface area (Å²) in [5.41, 5.74) is 5.42. The highest BCUT2D eigenvalue weighted by Crippen LogP contribution is 2.03. The molecule has 1 rings (SSSR count). The Balaban J connectivity index is 2.12. The number of aryl methyl sites for hydroxylation is 1. The predicted octanol–water partition coefficient (Wildman–Crippen LogP) is 1.71. The molecule has 0 amide bonds. The number of hydrogen-bond donors (Lipinski definition) is 1. The average molecular weight is 196 g/mol. The van der Waals surface area contributed by atoms with Crippen LogP contribution in [0.3, 0.4) is 0 Å². The van der Waals surface area contributed by atoms with E-state index in [9.17, 15) is 0 Å². The van der Waals surface area contributed by atoms with E-state index in [1.807, 2.05) is 4.68 Å². The van der Waals surface area contributed by atoms with Crippen LogP contribution in [0, 0.1) is 0 Å². The molecule has 4 nitrogen and oxygen atoms in total. The standard InChI is InChI=1S/C10H20N4/c1-2-3-4-5-6-7-14-9-12-10(8-11)13-14/h9H,2-8,11H2,1H3. The summed E-state index contributed by atoms with van der Waals surface area (Å²) in [6, 6.07) is 0. The zero-order valence-corrected chi connectivity index (χ0v) is 8.95. The first-order valence-corrected chi connectivity index (χ1v) is 5.45. The van der Waals surface area contributed by atoms with Gasteiger partial charge in [0.05, 0.1) is 6.54 Å². The van der Waals surface area contributed by atoms with E-state index in [1.54, 1.807) is 6.33 Å². The van der Waals surface area contributed by atoms with Gasteiger partial charge in [0.25, 0.3) is 0 Å². The number of unbranched alkanes of at least 4 members (excludes halogenated alkanes) is 4. The molecule has 0 spiro atoms. The molecule has 1 heterocycles. The smallest absolute Gasteiger partial charge is 0.164 e. The van der Waals surface area contributed by atoms with E-state index in [4.69, 9.17) is 5.73 Å². The van der Waals surface area contributed by atoms with Crippen LogP contribution in [0.1, 0.15) is 44.9 Å². The number of rotatable bonds is 7. The second-order valence-corrected chi connectivity index (χ2v) is 3.54. The summed E-state index contributed by atoms with van der Waals surface area (Å²) in [6.45, 7) is 3.63. The van der Waals surface area contributed by atoms with Crippen LogP contribution in [0.2, 0.25) is 0 Å². The van der Waals surface area contributed by atoms with Crippen LogP contribution in [0.4, 0.5) is 0 Å². The third kappa shape index (κ3) is 3.87. The van der Waals surface area contributed by atoms with Crippen molar-refractivity contribution in [3.63, 3.8) is 0 Å². The molecule has 1 aromatic rings. The molecule has 0 saturated heterocycles. The second kappa shape index (κ2) is 6.54. The van der Waals surface area contributed by atoms with Crippen LogP contribution < -0.4 is 5.73 Å². The maximum Gasteiger partial charge on any atom is 0.164 e. The molecule has 0 aromatic carbocycles. The molecular formula is C10H20N4. The highest BCUT2D eigenvalue weighted by molar-refractivity contribution is 4.78. The van der Waals surface area contributed by atoms with Gasteiger partial charge in [-0.15, -0.1) is 0 Å². The van der Waals surface area contributed by atoms with Crippen molar-refractivity contribution in [3.8, 4) is 0 Å². The molecule has 4 heteroatoms. The van der Waals surface area contributed by atoms with Gasteiger partial charge in [-0.1, -0.05) is 32.6 Å². The van der Waals surface area contributed by atoms with Crippen LogP contribution in [0.25, 0.3) is 0 Å². The van der Waals surface area contributed by atoms with Crippen molar-refractivity contribution in [2.75, 3.05) is 0 Å². The zero-order chi connectivity index (χ0) is 10.2. The van der Waals surface area contributed by atoms with Crippen LogP contribution >= 0.6 is 0 Å². The summed E-state index contributed by atoms with van der Waals surface area (Å²) >= 11 is 0. The van der Waals surface area contributed by atoms with Gasteiger partial charge in [-0.05, 0) is 6.42 Å². The zero-order valence-electron chi connectivity index (χ0n) is 8.95. The fraction of sp³-hybridized carbons (Fsp3) is 0.800. The number of nitrogens with two attached hydrogens (primary N) is 1. The van der Waals surface area contributed by atoms with Crippen LogP contribution in [0.15, 0.2) is 6.33 Å². The van der Waals surface area contributed by atoms with E-state index < -0.39 is 0 Å². The first-order chi connectivity index (χ1) is 6.86. The normalized spacial score (nSPS) is 10.7. The van der Waals surface area contributed by atoms with Gasteiger partial charge < -0.3 is 5.73 Å². The van der Waals surface area contributed by atoms with E-state index >= 15 is 0 Å². The van der Waals surface area contributed by atoms with E-state index in [0.29, 0.717) is 6.54 Å². The van der Waals surface area contributed by atoms with Gasteiger partial charge in [-0.2, -0.15) is 5.10 Å². The maximum atomic E-state index is 5.42. The van der Waals surface area contributed by atoms with Crippen molar-refractivity contribution in [2.24, 2.45) is 5.73 Å². The fourth-order valence-electron chi connectivity index (χ4n) is 1.41. The minimum atomic E-state index is 0.433. The van der Waals surface area contributed by atoms with E-state index in [0.717, 1.165) is 12.4 Å². The van der Waals surface area contributed by atoms with Gasteiger partial charge in [0, 0.05) is 6.54 Å². The Hall–Kier alpha value is -0.900. The molecule has 0 unspecified atom stereocenters. The van der Waals surface area contributed by atoms with E-state index in [-0.39, 0.29) is 0 Å². The lowest BCUT2D eigenvalue weighted by Crippen LogP contribution is -2.02. The summed E-state index contributed by atoms with van der Waals surface area (Å²) in [5.74, 6) is 0.735. The summed E-state index contributed by atoms with van der Waals surface area (Å²) in [6.07, 6.45) is 8.20. The van der Waals surface area contributed by atoms with Crippen molar-refractivity contribution in [1.82, 2.24) is 14.8 Å². The second-order valence-electron chi connectivity index (χ2n) is 3.54. The van der Waals surface area contributed by atoms with Gasteiger partial charge in [0.2, 0.25) is 0 Å². The van der Waals surface area contributed by atoms with Gasteiger partial charge in [0.15, 0.2) is 5.82 Å². The lowest BCUT2D eigenvalue weighted by Gasteiger charge is -1.99. The van der Waals surface area contributed by atoms with E-state index in [2.05, 4.69) is 17.0 Å². The lowest BCUT2D eigenvalue weighted by molar-refractivity contribution is 0.529. The third-order valence-corrected chi connectivity index (χ3v) is 2.26. The molecule has 1 aromatic heterocycles. The largest absolute Gasteiger partial charge is 0.324 e. The minimum Gasteiger partial charge on any atom is -0.324 e. The van der Waals surface area contributed by atoms with Crippen LogP contribution in [-0.4, -0.2) is 14.8 Å². The SMILES string of the molecule is CCCCCCCn1cnc(CN)n1. The topological polar surface area (TPSA) is 56.7 Å². The summed E-state index contributed by atoms with van der Waals surface area (Å²) < 4.78 is 1.88.